The van der Waals surface area contributed by atoms with Crippen LogP contribution in [0.3, 0.4) is 0 Å². The number of thioether (sulfide) groups is 1. The summed E-state index contributed by atoms with van der Waals surface area (Å²) < 4.78 is 9.95. The number of benzene rings is 2. The maximum absolute atomic E-state index is 12.3. The van der Waals surface area contributed by atoms with Crippen molar-refractivity contribution in [2.45, 2.75) is 17.9 Å². The molecule has 0 unspecified atom stereocenters. The molecular weight excluding hydrogens is 354 g/mol. The first kappa shape index (κ1) is 18.0. The lowest BCUT2D eigenvalue weighted by Crippen LogP contribution is -2.11. The second kappa shape index (κ2) is 8.05. The topological polar surface area (TPSA) is 81.7 Å². The SMILES string of the molecule is COC(=O)c1ccc(COC(=O)c2ccc3c(c2)NC(=O)CCS3)cc1. The molecule has 0 atom stereocenters. The summed E-state index contributed by atoms with van der Waals surface area (Å²) in [6.07, 6.45) is 0.445. The van der Waals surface area contributed by atoms with Crippen LogP contribution in [0.5, 0.6) is 0 Å². The van der Waals surface area contributed by atoms with Gasteiger partial charge < -0.3 is 14.8 Å². The Morgan fingerprint density at radius 1 is 1.08 bits per heavy atom. The van der Waals surface area contributed by atoms with Gasteiger partial charge in [-0.05, 0) is 35.9 Å². The standard InChI is InChI=1S/C19H17NO5S/c1-24-18(22)13-4-2-12(3-5-13)11-25-19(23)14-6-7-16-15(10-14)20-17(21)8-9-26-16/h2-7,10H,8-9,11H2,1H3,(H,20,21). The van der Waals surface area contributed by atoms with Gasteiger partial charge in [-0.1, -0.05) is 12.1 Å². The van der Waals surface area contributed by atoms with Crippen molar-refractivity contribution < 1.29 is 23.9 Å². The molecule has 6 nitrogen and oxygen atoms in total. The van der Waals surface area contributed by atoms with E-state index in [0.717, 1.165) is 10.5 Å². The molecule has 0 saturated heterocycles. The molecule has 3 rings (SSSR count). The molecule has 0 bridgehead atoms. The van der Waals surface area contributed by atoms with Crippen molar-refractivity contribution in [1.82, 2.24) is 0 Å². The van der Waals surface area contributed by atoms with Crippen LogP contribution in [0.25, 0.3) is 0 Å². The zero-order chi connectivity index (χ0) is 18.5. The number of amides is 1. The fraction of sp³-hybridized carbons (Fsp3) is 0.211. The van der Waals surface area contributed by atoms with Crippen molar-refractivity contribution in [3.63, 3.8) is 0 Å². The first-order valence-corrected chi connectivity index (χ1v) is 8.96. The van der Waals surface area contributed by atoms with Gasteiger partial charge >= 0.3 is 11.9 Å². The summed E-state index contributed by atoms with van der Waals surface area (Å²) in [6.45, 7) is 0.0818. The molecule has 2 aromatic carbocycles. The highest BCUT2D eigenvalue weighted by atomic mass is 32.2. The number of esters is 2. The minimum Gasteiger partial charge on any atom is -0.465 e. The largest absolute Gasteiger partial charge is 0.465 e. The van der Waals surface area contributed by atoms with Crippen LogP contribution in [0.2, 0.25) is 0 Å². The molecule has 1 aliphatic rings. The molecule has 1 aliphatic heterocycles. The molecule has 2 aromatic rings. The van der Waals surface area contributed by atoms with Gasteiger partial charge in [0.25, 0.3) is 0 Å². The lowest BCUT2D eigenvalue weighted by atomic mass is 10.1. The van der Waals surface area contributed by atoms with Crippen LogP contribution in [0.4, 0.5) is 5.69 Å². The summed E-state index contributed by atoms with van der Waals surface area (Å²) in [6, 6.07) is 11.8. The number of rotatable bonds is 4. The monoisotopic (exact) mass is 371 g/mol. The van der Waals surface area contributed by atoms with Gasteiger partial charge in [-0.15, -0.1) is 11.8 Å². The lowest BCUT2D eigenvalue weighted by Gasteiger charge is -2.09. The highest BCUT2D eigenvalue weighted by Gasteiger charge is 2.16. The molecule has 7 heteroatoms. The Morgan fingerprint density at radius 3 is 2.54 bits per heavy atom. The van der Waals surface area contributed by atoms with Crippen molar-refractivity contribution in [3.8, 4) is 0 Å². The van der Waals surface area contributed by atoms with E-state index in [4.69, 9.17) is 4.74 Å². The Balaban J connectivity index is 1.65. The Hall–Kier alpha value is -2.80. The minimum absolute atomic E-state index is 0.0625. The normalized spacial score (nSPS) is 13.2. The molecule has 1 heterocycles. The van der Waals surface area contributed by atoms with Gasteiger partial charge in [0, 0.05) is 17.1 Å². The van der Waals surface area contributed by atoms with E-state index in [1.54, 1.807) is 48.2 Å². The fourth-order valence-corrected chi connectivity index (χ4v) is 3.37. The Morgan fingerprint density at radius 2 is 1.81 bits per heavy atom. The number of anilines is 1. The van der Waals surface area contributed by atoms with Crippen molar-refractivity contribution in [2.24, 2.45) is 0 Å². The molecule has 0 aliphatic carbocycles. The summed E-state index contributed by atoms with van der Waals surface area (Å²) in [5, 5.41) is 2.80. The van der Waals surface area contributed by atoms with Crippen molar-refractivity contribution >= 4 is 35.3 Å². The molecule has 134 valence electrons. The number of methoxy groups -OCH3 is 1. The maximum Gasteiger partial charge on any atom is 0.338 e. The van der Waals surface area contributed by atoms with Gasteiger partial charge in [-0.2, -0.15) is 0 Å². The molecule has 1 amide bonds. The maximum atomic E-state index is 12.3. The lowest BCUT2D eigenvalue weighted by molar-refractivity contribution is -0.115. The van der Waals surface area contributed by atoms with E-state index in [2.05, 4.69) is 10.1 Å². The van der Waals surface area contributed by atoms with Crippen LogP contribution in [-0.2, 0) is 20.9 Å². The Kier molecular flexibility index (Phi) is 5.58. The third-order valence-corrected chi connectivity index (χ3v) is 4.90. The molecular formula is C19H17NO5S. The quantitative estimate of drug-likeness (QED) is 0.831. The van der Waals surface area contributed by atoms with E-state index in [9.17, 15) is 14.4 Å². The second-order valence-corrected chi connectivity index (χ2v) is 6.76. The predicted molar refractivity (Wildman–Crippen MR) is 97.3 cm³/mol. The van der Waals surface area contributed by atoms with Crippen LogP contribution in [0.1, 0.15) is 32.7 Å². The van der Waals surface area contributed by atoms with Crippen molar-refractivity contribution in [2.75, 3.05) is 18.2 Å². The number of ether oxygens (including phenoxy) is 2. The van der Waals surface area contributed by atoms with Crippen LogP contribution < -0.4 is 5.32 Å². The number of fused-ring (bicyclic) bond motifs is 1. The van der Waals surface area contributed by atoms with Crippen LogP contribution >= 0.6 is 11.8 Å². The number of hydrogen-bond acceptors (Lipinski definition) is 6. The zero-order valence-corrected chi connectivity index (χ0v) is 14.9. The van der Waals surface area contributed by atoms with Gasteiger partial charge in [0.1, 0.15) is 6.61 Å². The van der Waals surface area contributed by atoms with E-state index in [1.165, 1.54) is 7.11 Å². The third-order valence-electron chi connectivity index (χ3n) is 3.82. The number of carbonyl (C=O) groups excluding carboxylic acids is 3. The zero-order valence-electron chi connectivity index (χ0n) is 14.1. The van der Waals surface area contributed by atoms with E-state index in [-0.39, 0.29) is 12.5 Å². The Labute approximate surface area is 154 Å². The van der Waals surface area contributed by atoms with Gasteiger partial charge in [0.05, 0.1) is 23.9 Å². The molecule has 0 spiro atoms. The smallest absolute Gasteiger partial charge is 0.338 e. The molecule has 1 N–H and O–H groups in total. The summed E-state index contributed by atoms with van der Waals surface area (Å²) in [4.78, 5) is 36.3. The molecule has 0 aromatic heterocycles. The van der Waals surface area contributed by atoms with E-state index in [0.29, 0.717) is 29.0 Å². The first-order valence-electron chi connectivity index (χ1n) is 7.98. The van der Waals surface area contributed by atoms with E-state index < -0.39 is 11.9 Å². The van der Waals surface area contributed by atoms with Gasteiger partial charge in [-0.25, -0.2) is 9.59 Å². The molecule has 0 fully saturated rings. The summed E-state index contributed by atoms with van der Waals surface area (Å²) in [5.41, 5.74) is 2.19. The van der Waals surface area contributed by atoms with Crippen LogP contribution in [-0.4, -0.2) is 30.7 Å². The number of hydrogen-bond donors (Lipinski definition) is 1. The minimum atomic E-state index is -0.478. The van der Waals surface area contributed by atoms with Crippen molar-refractivity contribution in [1.29, 1.82) is 0 Å². The van der Waals surface area contributed by atoms with Gasteiger partial charge in [0.15, 0.2) is 0 Å². The molecule has 0 radical (unpaired) electrons. The second-order valence-electron chi connectivity index (χ2n) is 5.62. The highest BCUT2D eigenvalue weighted by Crippen LogP contribution is 2.31. The average Bonchev–Trinajstić information content (AvgIpc) is 2.85. The first-order chi connectivity index (χ1) is 12.6. The summed E-state index contributed by atoms with van der Waals surface area (Å²) in [7, 11) is 1.32. The van der Waals surface area contributed by atoms with Crippen LogP contribution in [0.15, 0.2) is 47.4 Å². The highest BCUT2D eigenvalue weighted by molar-refractivity contribution is 7.99. The molecule has 0 saturated carbocycles. The van der Waals surface area contributed by atoms with Crippen molar-refractivity contribution in [3.05, 3.63) is 59.2 Å². The van der Waals surface area contributed by atoms with E-state index >= 15 is 0 Å². The Bertz CT molecular complexity index is 848. The third kappa shape index (κ3) is 4.23. The number of nitrogens with one attached hydrogen (secondary N) is 1. The van der Waals surface area contributed by atoms with Gasteiger partial charge in [0.2, 0.25) is 5.91 Å². The van der Waals surface area contributed by atoms with E-state index in [1.807, 2.05) is 6.07 Å². The number of carbonyl (C=O) groups is 3. The average molecular weight is 371 g/mol. The molecule has 26 heavy (non-hydrogen) atoms. The van der Waals surface area contributed by atoms with Crippen LogP contribution in [0, 0.1) is 0 Å². The predicted octanol–water partition coefficient (Wildman–Crippen LogP) is 3.26. The fourth-order valence-electron chi connectivity index (χ4n) is 2.43. The van der Waals surface area contributed by atoms with Gasteiger partial charge in [-0.3, -0.25) is 4.79 Å². The summed E-state index contributed by atoms with van der Waals surface area (Å²) >= 11 is 1.58. The summed E-state index contributed by atoms with van der Waals surface area (Å²) in [5.74, 6) is -0.247.